The van der Waals surface area contributed by atoms with Crippen LogP contribution in [-0.4, -0.2) is 80.9 Å². The molecule has 0 spiro atoms. The van der Waals surface area contributed by atoms with Crippen molar-refractivity contribution in [2.24, 2.45) is 0 Å². The number of sulfonamides is 1. The second-order valence-electron chi connectivity index (χ2n) is 10.3. The Balaban J connectivity index is 1.61. The van der Waals surface area contributed by atoms with E-state index in [4.69, 9.17) is 16.3 Å². The van der Waals surface area contributed by atoms with Crippen LogP contribution in [0, 0.1) is 0 Å². The van der Waals surface area contributed by atoms with Crippen LogP contribution in [0.25, 0.3) is 0 Å². The Kier molecular flexibility index (Phi) is 9.56. The number of rotatable bonds is 8. The molecular formula is C29H37ClN4O5S. The molecule has 9 nitrogen and oxygen atoms in total. The molecule has 40 heavy (non-hydrogen) atoms. The lowest BCUT2D eigenvalue weighted by Crippen LogP contribution is -2.49. The zero-order valence-electron chi connectivity index (χ0n) is 23.4. The minimum absolute atomic E-state index is 0.202. The fourth-order valence-electron chi connectivity index (χ4n) is 5.03. The smallest absolute Gasteiger partial charge is 0.338 e. The summed E-state index contributed by atoms with van der Waals surface area (Å²) >= 11 is 5.95. The van der Waals surface area contributed by atoms with Crippen LogP contribution in [0.2, 0.25) is 5.02 Å². The number of esters is 1. The number of ether oxygens (including phenoxy) is 1. The average Bonchev–Trinajstić information content (AvgIpc) is 3.17. The first-order chi connectivity index (χ1) is 19.0. The monoisotopic (exact) mass is 588 g/mol. The van der Waals surface area contributed by atoms with Crippen LogP contribution in [0.3, 0.4) is 0 Å². The Morgan fingerprint density at radius 1 is 1.05 bits per heavy atom. The van der Waals surface area contributed by atoms with Gasteiger partial charge in [0, 0.05) is 43.9 Å². The van der Waals surface area contributed by atoms with Crippen molar-refractivity contribution in [1.29, 1.82) is 0 Å². The molecule has 1 saturated heterocycles. The molecule has 1 atom stereocenters. The van der Waals surface area contributed by atoms with E-state index in [0.29, 0.717) is 54.8 Å². The number of carbonyl (C=O) groups is 2. The number of benzene rings is 2. The van der Waals surface area contributed by atoms with Gasteiger partial charge in [-0.3, -0.25) is 9.80 Å². The highest BCUT2D eigenvalue weighted by atomic mass is 35.5. The second-order valence-corrected chi connectivity index (χ2v) is 12.7. The average molecular weight is 589 g/mol. The third-order valence-corrected chi connectivity index (χ3v) is 9.55. The number of nitrogens with one attached hydrogen (secondary N) is 1. The summed E-state index contributed by atoms with van der Waals surface area (Å²) in [6, 6.07) is 13.1. The lowest BCUT2D eigenvalue weighted by Gasteiger charge is -2.36. The van der Waals surface area contributed by atoms with Crippen molar-refractivity contribution in [2.45, 2.75) is 44.0 Å². The molecule has 2 aromatic carbocycles. The highest BCUT2D eigenvalue weighted by Gasteiger charge is 2.38. The molecule has 0 bridgehead atoms. The molecule has 1 fully saturated rings. The second kappa shape index (κ2) is 12.7. The van der Waals surface area contributed by atoms with E-state index in [-0.39, 0.29) is 24.1 Å². The van der Waals surface area contributed by atoms with Gasteiger partial charge in [-0.05, 0) is 61.2 Å². The summed E-state index contributed by atoms with van der Waals surface area (Å²) in [6.07, 6.45) is 0.602. The number of likely N-dealkylation sites (N-methyl/N-ethyl adjacent to an activating group) is 1. The lowest BCUT2D eigenvalue weighted by atomic mass is 9.92. The predicted octanol–water partition coefficient (Wildman–Crippen LogP) is 4.37. The molecule has 0 radical (unpaired) electrons. The maximum atomic E-state index is 13.3. The van der Waals surface area contributed by atoms with Gasteiger partial charge in [0.05, 0.1) is 23.1 Å². The number of amides is 2. The first kappa shape index (κ1) is 30.0. The van der Waals surface area contributed by atoms with Gasteiger partial charge in [-0.15, -0.1) is 0 Å². The summed E-state index contributed by atoms with van der Waals surface area (Å²) in [5.41, 5.74) is 2.89. The number of hydrogen-bond donors (Lipinski definition) is 1. The highest BCUT2D eigenvalue weighted by molar-refractivity contribution is 7.89. The predicted molar refractivity (Wildman–Crippen MR) is 154 cm³/mol. The Bertz CT molecular complexity index is 1360. The Morgan fingerprint density at radius 2 is 1.73 bits per heavy atom. The number of hydrogen-bond acceptors (Lipinski definition) is 6. The molecule has 2 aromatic rings. The maximum Gasteiger partial charge on any atom is 0.338 e. The fraction of sp³-hybridized carbons (Fsp3) is 0.448. The SMILES string of the molecule is CCOC(=O)C1=C(CN2CCCN(S(=O)(=O)c3ccc(Cl)cc3)CC2)N(C)C(=O)NC1c1ccc(C(C)C)cc1. The molecule has 2 heterocycles. The van der Waals surface area contributed by atoms with Gasteiger partial charge in [0.15, 0.2) is 0 Å². The fourth-order valence-corrected chi connectivity index (χ4v) is 6.63. The van der Waals surface area contributed by atoms with E-state index >= 15 is 0 Å². The quantitative estimate of drug-likeness (QED) is 0.460. The Labute approximate surface area is 241 Å². The summed E-state index contributed by atoms with van der Waals surface area (Å²) in [5, 5.41) is 3.44. The summed E-state index contributed by atoms with van der Waals surface area (Å²) < 4.78 is 33.4. The minimum Gasteiger partial charge on any atom is -0.463 e. The van der Waals surface area contributed by atoms with Crippen molar-refractivity contribution in [3.8, 4) is 0 Å². The maximum absolute atomic E-state index is 13.3. The van der Waals surface area contributed by atoms with Crippen molar-refractivity contribution < 1.29 is 22.7 Å². The van der Waals surface area contributed by atoms with Gasteiger partial charge in [-0.2, -0.15) is 4.31 Å². The summed E-state index contributed by atoms with van der Waals surface area (Å²) in [6.45, 7) is 8.16. The van der Waals surface area contributed by atoms with E-state index in [9.17, 15) is 18.0 Å². The Hall–Kier alpha value is -2.92. The van der Waals surface area contributed by atoms with E-state index in [1.807, 2.05) is 24.3 Å². The normalized spacial score (nSPS) is 19.5. The molecule has 11 heteroatoms. The van der Waals surface area contributed by atoms with Crippen LogP contribution in [0.4, 0.5) is 4.79 Å². The number of nitrogens with zero attached hydrogens (tertiary/aromatic N) is 3. The largest absolute Gasteiger partial charge is 0.463 e. The van der Waals surface area contributed by atoms with Crippen LogP contribution in [0.1, 0.15) is 50.3 Å². The lowest BCUT2D eigenvalue weighted by molar-refractivity contribution is -0.139. The van der Waals surface area contributed by atoms with Crippen molar-refractivity contribution >= 4 is 33.6 Å². The molecule has 0 aliphatic carbocycles. The van der Waals surface area contributed by atoms with Crippen LogP contribution in [0.15, 0.2) is 64.7 Å². The molecule has 4 rings (SSSR count). The van der Waals surface area contributed by atoms with Gasteiger partial charge < -0.3 is 10.1 Å². The first-order valence-corrected chi connectivity index (χ1v) is 15.4. The van der Waals surface area contributed by atoms with Gasteiger partial charge in [0.1, 0.15) is 0 Å². The molecule has 0 saturated carbocycles. The van der Waals surface area contributed by atoms with Crippen molar-refractivity contribution in [3.05, 3.63) is 76.0 Å². The van der Waals surface area contributed by atoms with Crippen LogP contribution in [-0.2, 0) is 19.6 Å². The van der Waals surface area contributed by atoms with Gasteiger partial charge in [-0.1, -0.05) is 49.7 Å². The third kappa shape index (κ3) is 6.52. The number of halogens is 1. The van der Waals surface area contributed by atoms with Gasteiger partial charge in [-0.25, -0.2) is 18.0 Å². The van der Waals surface area contributed by atoms with Gasteiger partial charge in [0.25, 0.3) is 0 Å². The number of urea groups is 1. The summed E-state index contributed by atoms with van der Waals surface area (Å²) in [4.78, 5) is 30.1. The zero-order chi connectivity index (χ0) is 29.0. The molecule has 2 aliphatic rings. The number of carbonyl (C=O) groups excluding carboxylic acids is 2. The van der Waals surface area contributed by atoms with E-state index in [1.165, 1.54) is 21.3 Å². The van der Waals surface area contributed by atoms with Crippen molar-refractivity contribution in [1.82, 2.24) is 19.4 Å². The molecule has 1 unspecified atom stereocenters. The first-order valence-electron chi connectivity index (χ1n) is 13.5. The van der Waals surface area contributed by atoms with E-state index in [2.05, 4.69) is 24.1 Å². The summed E-state index contributed by atoms with van der Waals surface area (Å²) in [5.74, 6) is -0.132. The Morgan fingerprint density at radius 3 is 2.35 bits per heavy atom. The van der Waals surface area contributed by atoms with Crippen molar-refractivity contribution in [3.63, 3.8) is 0 Å². The molecular weight excluding hydrogens is 552 g/mol. The summed E-state index contributed by atoms with van der Waals surface area (Å²) in [7, 11) is -2.04. The van der Waals surface area contributed by atoms with Crippen LogP contribution >= 0.6 is 11.6 Å². The van der Waals surface area contributed by atoms with Crippen molar-refractivity contribution in [2.75, 3.05) is 46.4 Å². The minimum atomic E-state index is -3.68. The van der Waals surface area contributed by atoms with E-state index in [0.717, 1.165) is 11.1 Å². The molecule has 2 aliphatic heterocycles. The van der Waals surface area contributed by atoms with Crippen LogP contribution < -0.4 is 5.32 Å². The zero-order valence-corrected chi connectivity index (χ0v) is 25.0. The third-order valence-electron chi connectivity index (χ3n) is 7.38. The topological polar surface area (TPSA) is 99.3 Å². The molecule has 216 valence electrons. The molecule has 0 aromatic heterocycles. The highest BCUT2D eigenvalue weighted by Crippen LogP contribution is 2.32. The van der Waals surface area contributed by atoms with Gasteiger partial charge >= 0.3 is 12.0 Å². The van der Waals surface area contributed by atoms with Crippen LogP contribution in [0.5, 0.6) is 0 Å². The molecule has 2 amide bonds. The van der Waals surface area contributed by atoms with E-state index in [1.54, 1.807) is 26.1 Å². The van der Waals surface area contributed by atoms with E-state index < -0.39 is 22.0 Å². The standard InChI is InChI=1S/C29H37ClN4O5S/c1-5-39-28(35)26-25(32(4)29(36)31-27(26)22-9-7-21(8-10-22)20(2)3)19-33-15-6-16-34(18-17-33)40(37,38)24-13-11-23(30)12-14-24/h7-14,20,27H,5-6,15-19H2,1-4H3,(H,31,36). The molecule has 1 N–H and O–H groups in total. The van der Waals surface area contributed by atoms with Gasteiger partial charge in [0.2, 0.25) is 10.0 Å².